The zero-order valence-corrected chi connectivity index (χ0v) is 14.6. The van der Waals surface area contributed by atoms with Gasteiger partial charge < -0.3 is 4.42 Å². The quantitative estimate of drug-likeness (QED) is 0.389. The number of hydrogen-bond donors (Lipinski definition) is 0. The van der Waals surface area contributed by atoms with Crippen LogP contribution in [0.4, 0.5) is 5.69 Å². The summed E-state index contributed by atoms with van der Waals surface area (Å²) in [6.45, 7) is 1.48. The summed E-state index contributed by atoms with van der Waals surface area (Å²) < 4.78 is 7.01. The highest BCUT2D eigenvalue weighted by molar-refractivity contribution is 7.15. The van der Waals surface area contributed by atoms with Crippen molar-refractivity contribution in [3.63, 3.8) is 0 Å². The van der Waals surface area contributed by atoms with E-state index >= 15 is 0 Å². The van der Waals surface area contributed by atoms with E-state index < -0.39 is 16.0 Å². The summed E-state index contributed by atoms with van der Waals surface area (Å²) in [6, 6.07) is 9.41. The van der Waals surface area contributed by atoms with E-state index in [0.717, 1.165) is 15.9 Å². The minimum absolute atomic E-state index is 0.0767. The Morgan fingerprint density at radius 1 is 1.22 bits per heavy atom. The molecule has 9 nitrogen and oxygen atoms in total. The maximum atomic E-state index is 12.4. The number of fused-ring (bicyclic) bond motifs is 1. The molecule has 0 aliphatic rings. The molecule has 10 heteroatoms. The predicted octanol–water partition coefficient (Wildman–Crippen LogP) is 1.54. The largest absolute Gasteiger partial charge is 0.456 e. The first kappa shape index (κ1) is 16.8. The third kappa shape index (κ3) is 2.91. The van der Waals surface area contributed by atoms with Crippen molar-refractivity contribution in [3.8, 4) is 11.3 Å². The molecule has 0 saturated heterocycles. The zero-order chi connectivity index (χ0) is 19.1. The van der Waals surface area contributed by atoms with E-state index in [2.05, 4.69) is 10.1 Å². The Kier molecular flexibility index (Phi) is 3.89. The van der Waals surface area contributed by atoms with Crippen LogP contribution in [0.3, 0.4) is 0 Å². The van der Waals surface area contributed by atoms with Crippen molar-refractivity contribution in [2.24, 2.45) is 0 Å². The minimum atomic E-state index is -0.487. The molecule has 27 heavy (non-hydrogen) atoms. The second kappa shape index (κ2) is 6.25. The van der Waals surface area contributed by atoms with Crippen LogP contribution < -0.4 is 15.7 Å². The van der Waals surface area contributed by atoms with E-state index in [0.29, 0.717) is 17.1 Å². The molecule has 0 atom stereocenters. The van der Waals surface area contributed by atoms with Crippen LogP contribution in [0, 0.1) is 17.0 Å². The second-order valence-electron chi connectivity index (χ2n) is 5.59. The Morgan fingerprint density at radius 2 is 2.00 bits per heavy atom. The number of thiazole rings is 1. The fourth-order valence-electron chi connectivity index (χ4n) is 2.53. The maximum Gasteiger partial charge on any atom is 0.295 e. The van der Waals surface area contributed by atoms with Crippen LogP contribution in [0.15, 0.2) is 50.4 Å². The predicted molar refractivity (Wildman–Crippen MR) is 97.7 cm³/mol. The first-order valence-electron chi connectivity index (χ1n) is 7.70. The van der Waals surface area contributed by atoms with Gasteiger partial charge in [0.05, 0.1) is 10.5 Å². The van der Waals surface area contributed by atoms with E-state index in [1.165, 1.54) is 19.1 Å². The van der Waals surface area contributed by atoms with Crippen molar-refractivity contribution < 1.29 is 9.34 Å². The Labute approximate surface area is 154 Å². The smallest absolute Gasteiger partial charge is 0.295 e. The number of furan rings is 1. The van der Waals surface area contributed by atoms with Crippen LogP contribution in [0.25, 0.3) is 22.4 Å². The van der Waals surface area contributed by atoms with Gasteiger partial charge in [-0.1, -0.05) is 23.5 Å². The van der Waals surface area contributed by atoms with Crippen molar-refractivity contribution >= 4 is 28.1 Å². The summed E-state index contributed by atoms with van der Waals surface area (Å²) >= 11 is 1.01. The van der Waals surface area contributed by atoms with Crippen LogP contribution in [0.2, 0.25) is 0 Å². The normalized spacial score (nSPS) is 12.0. The fourth-order valence-corrected chi connectivity index (χ4v) is 3.42. The molecule has 0 spiro atoms. The first-order chi connectivity index (χ1) is 12.9. The van der Waals surface area contributed by atoms with Gasteiger partial charge in [0.2, 0.25) is 4.96 Å². The Balaban J connectivity index is 1.83. The molecule has 4 aromatic rings. The van der Waals surface area contributed by atoms with Crippen LogP contribution >= 0.6 is 11.3 Å². The van der Waals surface area contributed by atoms with E-state index in [4.69, 9.17) is 4.42 Å². The SMILES string of the molecule is Cc1nn2c(=O)/c(=C\c3ccc(-c4ccccc4[N+](=O)[O-])o3)sc2nc1=O. The average Bonchev–Trinajstić information content (AvgIpc) is 3.22. The second-order valence-corrected chi connectivity index (χ2v) is 6.60. The Hall–Kier alpha value is -3.66. The number of para-hydroxylation sites is 1. The highest BCUT2D eigenvalue weighted by Crippen LogP contribution is 2.30. The standard InChI is InChI=1S/C17H10N4O5S/c1-9-15(22)18-17-20(19-9)16(23)14(27-17)8-10-6-7-13(26-10)11-4-2-3-5-12(11)21(24)25/h2-8H,1H3/b14-8+. The molecule has 0 amide bonds. The summed E-state index contributed by atoms with van der Waals surface area (Å²) in [5, 5.41) is 15.1. The molecule has 0 aliphatic heterocycles. The lowest BCUT2D eigenvalue weighted by molar-refractivity contribution is -0.384. The Morgan fingerprint density at radius 3 is 2.78 bits per heavy atom. The maximum absolute atomic E-state index is 12.4. The molecule has 0 aliphatic carbocycles. The van der Waals surface area contributed by atoms with E-state index in [1.807, 2.05) is 0 Å². The number of nitro benzene ring substituents is 1. The molecular weight excluding hydrogens is 372 g/mol. The summed E-state index contributed by atoms with van der Waals surface area (Å²) in [5.41, 5.74) is -0.517. The number of aryl methyl sites for hydroxylation is 1. The number of hydrogen-bond acceptors (Lipinski definition) is 8. The van der Waals surface area contributed by atoms with Crippen LogP contribution in [0.5, 0.6) is 0 Å². The average molecular weight is 382 g/mol. The first-order valence-corrected chi connectivity index (χ1v) is 8.51. The molecule has 3 aromatic heterocycles. The molecule has 134 valence electrons. The van der Waals surface area contributed by atoms with E-state index in [-0.39, 0.29) is 20.9 Å². The summed E-state index contributed by atoms with van der Waals surface area (Å²) in [7, 11) is 0. The number of benzene rings is 1. The number of rotatable bonds is 3. The molecule has 0 radical (unpaired) electrons. The molecule has 3 heterocycles. The van der Waals surface area contributed by atoms with Gasteiger partial charge in [0.25, 0.3) is 16.8 Å². The highest BCUT2D eigenvalue weighted by atomic mass is 32.1. The van der Waals surface area contributed by atoms with Gasteiger partial charge in [-0.25, -0.2) is 0 Å². The molecule has 0 unspecified atom stereocenters. The molecule has 4 rings (SSSR count). The third-order valence-electron chi connectivity index (χ3n) is 3.81. The van der Waals surface area contributed by atoms with Gasteiger partial charge in [-0.2, -0.15) is 14.6 Å². The van der Waals surface area contributed by atoms with Crippen molar-refractivity contribution in [2.45, 2.75) is 6.92 Å². The molecular formula is C17H10N4O5S. The third-order valence-corrected chi connectivity index (χ3v) is 4.77. The molecule has 0 saturated carbocycles. The van der Waals surface area contributed by atoms with Crippen molar-refractivity contribution in [2.75, 3.05) is 0 Å². The monoisotopic (exact) mass is 382 g/mol. The summed E-state index contributed by atoms with van der Waals surface area (Å²) in [4.78, 5) is 38.7. The zero-order valence-electron chi connectivity index (χ0n) is 13.8. The van der Waals surface area contributed by atoms with Gasteiger partial charge in [-0.15, -0.1) is 0 Å². The lowest BCUT2D eigenvalue weighted by Crippen LogP contribution is -2.27. The van der Waals surface area contributed by atoms with Crippen LogP contribution in [0.1, 0.15) is 11.5 Å². The number of aromatic nitrogens is 3. The van der Waals surface area contributed by atoms with Gasteiger partial charge in [0.15, 0.2) is 0 Å². The van der Waals surface area contributed by atoms with Crippen molar-refractivity contribution in [1.82, 2.24) is 14.6 Å². The van der Waals surface area contributed by atoms with Gasteiger partial charge >= 0.3 is 0 Å². The summed E-state index contributed by atoms with van der Waals surface area (Å²) in [6.07, 6.45) is 1.49. The van der Waals surface area contributed by atoms with Crippen molar-refractivity contribution in [1.29, 1.82) is 0 Å². The van der Waals surface area contributed by atoms with Gasteiger partial charge in [0.1, 0.15) is 21.7 Å². The molecule has 0 bridgehead atoms. The van der Waals surface area contributed by atoms with Crippen LogP contribution in [-0.4, -0.2) is 19.5 Å². The lowest BCUT2D eigenvalue weighted by atomic mass is 10.1. The minimum Gasteiger partial charge on any atom is -0.456 e. The van der Waals surface area contributed by atoms with Gasteiger partial charge in [0, 0.05) is 12.1 Å². The van der Waals surface area contributed by atoms with Gasteiger partial charge in [-0.3, -0.25) is 19.7 Å². The molecule has 0 fully saturated rings. The van der Waals surface area contributed by atoms with E-state index in [1.54, 1.807) is 30.3 Å². The lowest BCUT2D eigenvalue weighted by Gasteiger charge is -1.98. The van der Waals surface area contributed by atoms with Crippen molar-refractivity contribution in [3.05, 3.63) is 83.2 Å². The Bertz CT molecular complexity index is 1370. The molecule has 1 aromatic carbocycles. The number of nitrogens with zero attached hydrogens (tertiary/aromatic N) is 4. The molecule has 0 N–H and O–H groups in total. The van der Waals surface area contributed by atoms with Crippen LogP contribution in [-0.2, 0) is 0 Å². The number of nitro groups is 1. The summed E-state index contributed by atoms with van der Waals surface area (Å²) in [5.74, 6) is 0.648. The van der Waals surface area contributed by atoms with Gasteiger partial charge in [-0.05, 0) is 25.1 Å². The fraction of sp³-hybridized carbons (Fsp3) is 0.0588. The topological polar surface area (TPSA) is 121 Å². The van der Waals surface area contributed by atoms with E-state index in [9.17, 15) is 19.7 Å². The highest BCUT2D eigenvalue weighted by Gasteiger charge is 2.17.